The highest BCUT2D eigenvalue weighted by Crippen LogP contribution is 2.34. The molecule has 70 valence electrons. The molecule has 0 saturated heterocycles. The summed E-state index contributed by atoms with van der Waals surface area (Å²) in [6.45, 7) is -0.153. The normalized spacial score (nSPS) is 9.92. The van der Waals surface area contributed by atoms with E-state index in [0.717, 1.165) is 12.1 Å². The highest BCUT2D eigenvalue weighted by molar-refractivity contribution is 5.56. The molecule has 0 radical (unpaired) electrons. The maximum absolute atomic E-state index is 10.3. The van der Waals surface area contributed by atoms with Gasteiger partial charge >= 0.3 is 5.69 Å². The molecule has 0 aromatic heterocycles. The number of nitrogens with two attached hydrogens (primary N) is 1. The van der Waals surface area contributed by atoms with E-state index < -0.39 is 16.4 Å². The summed E-state index contributed by atoms with van der Waals surface area (Å²) in [5.41, 5.74) is 4.70. The predicted octanol–water partition coefficient (Wildman–Crippen LogP) is 0.465. The van der Waals surface area contributed by atoms with Gasteiger partial charge in [-0.15, -0.1) is 0 Å². The van der Waals surface area contributed by atoms with Gasteiger partial charge < -0.3 is 15.9 Å². The molecule has 1 rings (SSSR count). The second kappa shape index (κ2) is 3.28. The van der Waals surface area contributed by atoms with E-state index in [1.165, 1.54) is 0 Å². The molecule has 1 aromatic carbocycles. The van der Waals surface area contributed by atoms with Crippen molar-refractivity contribution in [1.29, 1.82) is 0 Å². The Bertz CT molecular complexity index is 351. The smallest absolute Gasteiger partial charge is 0.311 e. The third-order valence-corrected chi connectivity index (χ3v) is 1.64. The van der Waals surface area contributed by atoms with Crippen molar-refractivity contribution in [2.45, 2.75) is 6.54 Å². The first-order chi connectivity index (χ1) is 6.07. The average molecular weight is 184 g/mol. The highest BCUT2D eigenvalue weighted by Gasteiger charge is 2.18. The van der Waals surface area contributed by atoms with Crippen LogP contribution in [0.3, 0.4) is 0 Å². The van der Waals surface area contributed by atoms with Gasteiger partial charge in [0.25, 0.3) is 0 Å². The lowest BCUT2D eigenvalue weighted by atomic mass is 10.1. The fourth-order valence-corrected chi connectivity index (χ4v) is 0.962. The molecule has 0 spiro atoms. The van der Waals surface area contributed by atoms with Crippen LogP contribution < -0.4 is 5.73 Å². The van der Waals surface area contributed by atoms with Crippen LogP contribution in [0.4, 0.5) is 5.69 Å². The van der Waals surface area contributed by atoms with Crippen LogP contribution in [0.1, 0.15) is 5.56 Å². The number of nitro groups is 1. The van der Waals surface area contributed by atoms with Crippen LogP contribution in [-0.2, 0) is 6.54 Å². The van der Waals surface area contributed by atoms with Gasteiger partial charge in [-0.2, -0.15) is 0 Å². The van der Waals surface area contributed by atoms with Gasteiger partial charge in [-0.1, -0.05) is 0 Å². The van der Waals surface area contributed by atoms with E-state index in [1.807, 2.05) is 0 Å². The third kappa shape index (κ3) is 1.52. The summed E-state index contributed by atoms with van der Waals surface area (Å²) in [5, 5.41) is 28.7. The topological polar surface area (TPSA) is 110 Å². The standard InChI is InChI=1S/C7H8N2O4/c8-3-4-6(10)2-1-5(7(4)11)9(12)13/h1-2,10-11H,3,8H2. The Morgan fingerprint density at radius 2 is 2.08 bits per heavy atom. The van der Waals surface area contributed by atoms with Crippen LogP contribution in [0.2, 0.25) is 0 Å². The summed E-state index contributed by atoms with van der Waals surface area (Å²) in [5.74, 6) is -0.821. The molecule has 0 unspecified atom stereocenters. The molecular weight excluding hydrogens is 176 g/mol. The summed E-state index contributed by atoms with van der Waals surface area (Å²) in [6, 6.07) is 2.14. The van der Waals surface area contributed by atoms with Crippen molar-refractivity contribution in [2.75, 3.05) is 0 Å². The highest BCUT2D eigenvalue weighted by atomic mass is 16.6. The first-order valence-corrected chi connectivity index (χ1v) is 3.46. The summed E-state index contributed by atoms with van der Waals surface area (Å²) in [4.78, 5) is 9.58. The molecule has 0 aliphatic rings. The zero-order valence-electron chi connectivity index (χ0n) is 6.60. The molecule has 0 heterocycles. The minimum Gasteiger partial charge on any atom is -0.507 e. The van der Waals surface area contributed by atoms with E-state index in [2.05, 4.69) is 0 Å². The Morgan fingerprint density at radius 1 is 1.46 bits per heavy atom. The number of phenols is 2. The van der Waals surface area contributed by atoms with E-state index in [-0.39, 0.29) is 17.9 Å². The summed E-state index contributed by atoms with van der Waals surface area (Å²) < 4.78 is 0. The Balaban J connectivity index is 3.35. The van der Waals surface area contributed by atoms with E-state index >= 15 is 0 Å². The molecule has 0 bridgehead atoms. The largest absolute Gasteiger partial charge is 0.507 e. The van der Waals surface area contributed by atoms with Crippen LogP contribution in [-0.4, -0.2) is 15.1 Å². The lowest BCUT2D eigenvalue weighted by Gasteiger charge is -2.03. The average Bonchev–Trinajstić information content (AvgIpc) is 2.04. The number of hydrogen-bond donors (Lipinski definition) is 3. The van der Waals surface area contributed by atoms with Crippen molar-refractivity contribution in [1.82, 2.24) is 0 Å². The first kappa shape index (κ1) is 9.27. The van der Waals surface area contributed by atoms with Crippen molar-refractivity contribution in [3.05, 3.63) is 27.8 Å². The molecule has 13 heavy (non-hydrogen) atoms. The number of phenolic OH excluding ortho intramolecular Hbond substituents is 2. The minimum absolute atomic E-state index is 0.0193. The Morgan fingerprint density at radius 3 is 2.54 bits per heavy atom. The van der Waals surface area contributed by atoms with Gasteiger partial charge in [0.1, 0.15) is 5.75 Å². The number of nitro benzene ring substituents is 1. The van der Waals surface area contributed by atoms with Crippen molar-refractivity contribution in [3.63, 3.8) is 0 Å². The molecule has 0 aliphatic heterocycles. The summed E-state index contributed by atoms with van der Waals surface area (Å²) in [7, 11) is 0. The second-order valence-corrected chi connectivity index (χ2v) is 2.39. The van der Waals surface area contributed by atoms with Crippen LogP contribution in [0.15, 0.2) is 12.1 Å². The molecule has 0 saturated carbocycles. The van der Waals surface area contributed by atoms with E-state index in [1.54, 1.807) is 0 Å². The van der Waals surface area contributed by atoms with E-state index in [4.69, 9.17) is 10.8 Å². The second-order valence-electron chi connectivity index (χ2n) is 2.39. The van der Waals surface area contributed by atoms with Crippen molar-refractivity contribution in [2.24, 2.45) is 5.73 Å². The van der Waals surface area contributed by atoms with Gasteiger partial charge in [0.2, 0.25) is 5.75 Å². The van der Waals surface area contributed by atoms with Gasteiger partial charge in [-0.25, -0.2) is 0 Å². The van der Waals surface area contributed by atoms with Crippen LogP contribution in [0.5, 0.6) is 11.5 Å². The molecule has 0 fully saturated rings. The molecule has 6 heteroatoms. The number of benzene rings is 1. The maximum atomic E-state index is 10.3. The molecule has 0 atom stereocenters. The molecular formula is C7H8N2O4. The summed E-state index contributed by atoms with van der Waals surface area (Å²) in [6.07, 6.45) is 0. The molecule has 4 N–H and O–H groups in total. The van der Waals surface area contributed by atoms with Gasteiger partial charge in [-0.05, 0) is 6.07 Å². The monoisotopic (exact) mass is 184 g/mol. The van der Waals surface area contributed by atoms with Crippen LogP contribution in [0, 0.1) is 10.1 Å². The minimum atomic E-state index is -0.742. The summed E-state index contributed by atoms with van der Waals surface area (Å²) >= 11 is 0. The Labute approximate surface area is 73.4 Å². The first-order valence-electron chi connectivity index (χ1n) is 3.46. The number of aromatic hydroxyl groups is 2. The van der Waals surface area contributed by atoms with Gasteiger partial charge in [0, 0.05) is 12.6 Å². The Kier molecular flexibility index (Phi) is 2.34. The van der Waals surface area contributed by atoms with Gasteiger partial charge in [-0.3, -0.25) is 10.1 Å². The van der Waals surface area contributed by atoms with Gasteiger partial charge in [0.15, 0.2) is 0 Å². The third-order valence-electron chi connectivity index (χ3n) is 1.64. The lowest BCUT2D eigenvalue weighted by Crippen LogP contribution is -1.99. The zero-order valence-corrected chi connectivity index (χ0v) is 6.60. The van der Waals surface area contributed by atoms with E-state index in [9.17, 15) is 15.2 Å². The lowest BCUT2D eigenvalue weighted by molar-refractivity contribution is -0.386. The predicted molar refractivity (Wildman–Crippen MR) is 44.3 cm³/mol. The maximum Gasteiger partial charge on any atom is 0.311 e. The Hall–Kier alpha value is -1.82. The number of nitrogens with zero attached hydrogens (tertiary/aromatic N) is 1. The fourth-order valence-electron chi connectivity index (χ4n) is 0.962. The molecule has 6 nitrogen and oxygen atoms in total. The zero-order chi connectivity index (χ0) is 10.0. The van der Waals surface area contributed by atoms with Crippen LogP contribution >= 0.6 is 0 Å². The fraction of sp³-hybridized carbons (Fsp3) is 0.143. The quantitative estimate of drug-likeness (QED) is 0.457. The van der Waals surface area contributed by atoms with Gasteiger partial charge in [0.05, 0.1) is 10.5 Å². The molecule has 0 aliphatic carbocycles. The van der Waals surface area contributed by atoms with Crippen molar-refractivity contribution < 1.29 is 15.1 Å². The molecule has 0 amide bonds. The number of rotatable bonds is 2. The molecule has 1 aromatic rings. The van der Waals surface area contributed by atoms with Crippen LogP contribution in [0.25, 0.3) is 0 Å². The SMILES string of the molecule is NCc1c(O)ccc([N+](=O)[O-])c1O. The number of hydrogen-bond acceptors (Lipinski definition) is 5. The van der Waals surface area contributed by atoms with Crippen molar-refractivity contribution in [3.8, 4) is 11.5 Å². The van der Waals surface area contributed by atoms with E-state index in [0.29, 0.717) is 0 Å². The van der Waals surface area contributed by atoms with Crippen molar-refractivity contribution >= 4 is 5.69 Å².